The molecule has 0 spiro atoms. The molecule has 4 heterocycles. The fraction of sp³-hybridized carbons (Fsp3) is 0.359. The van der Waals surface area contributed by atoms with Crippen molar-refractivity contribution in [3.63, 3.8) is 0 Å². The molecule has 1 amide bonds. The van der Waals surface area contributed by atoms with Crippen molar-refractivity contribution in [2.24, 2.45) is 5.92 Å². The van der Waals surface area contributed by atoms with Crippen molar-refractivity contribution in [3.05, 3.63) is 91.7 Å². The van der Waals surface area contributed by atoms with Gasteiger partial charge in [-0.2, -0.15) is 5.26 Å². The SMILES string of the molecule is Cc1cc(/C=C/c2nccc(-c3cccc(-c4nc5c(s4)CN(C(=O)OC(C)(C)C)CC5)c3C)c2C#N)c(Cl)cc1CN1CC[C@@H](C(=O)O)C1. The molecule has 1 N–H and O–H groups in total. The number of nitriles is 1. The van der Waals surface area contributed by atoms with E-state index < -0.39 is 11.6 Å². The summed E-state index contributed by atoms with van der Waals surface area (Å²) in [4.78, 5) is 38.6. The van der Waals surface area contributed by atoms with Gasteiger partial charge in [0.1, 0.15) is 16.7 Å². The highest BCUT2D eigenvalue weighted by Crippen LogP contribution is 2.38. The molecule has 2 aliphatic heterocycles. The molecule has 50 heavy (non-hydrogen) atoms. The van der Waals surface area contributed by atoms with Gasteiger partial charge < -0.3 is 14.7 Å². The number of halogens is 1. The third-order valence-corrected chi connectivity index (χ3v) is 10.7. The average Bonchev–Trinajstić information content (AvgIpc) is 3.72. The molecule has 4 aromatic rings. The van der Waals surface area contributed by atoms with Gasteiger partial charge in [0.15, 0.2) is 0 Å². The van der Waals surface area contributed by atoms with Crippen molar-refractivity contribution in [3.8, 4) is 27.8 Å². The largest absolute Gasteiger partial charge is 0.481 e. The quantitative estimate of drug-likeness (QED) is 0.203. The van der Waals surface area contributed by atoms with Gasteiger partial charge in [0, 0.05) is 53.3 Å². The van der Waals surface area contributed by atoms with Crippen LogP contribution in [0.25, 0.3) is 33.9 Å². The number of amides is 1. The molecule has 1 atom stereocenters. The van der Waals surface area contributed by atoms with Crippen molar-refractivity contribution in [2.45, 2.75) is 66.2 Å². The predicted octanol–water partition coefficient (Wildman–Crippen LogP) is 8.38. The first-order valence-electron chi connectivity index (χ1n) is 16.7. The zero-order valence-corrected chi connectivity index (χ0v) is 30.5. The summed E-state index contributed by atoms with van der Waals surface area (Å²) in [5.41, 5.74) is 8.07. The summed E-state index contributed by atoms with van der Waals surface area (Å²) in [7, 11) is 0. The summed E-state index contributed by atoms with van der Waals surface area (Å²) in [6.07, 6.45) is 6.43. The number of carbonyl (C=O) groups excluding carboxylic acids is 1. The number of hydrogen-bond acceptors (Lipinski definition) is 8. The number of aryl methyl sites for hydroxylation is 1. The third-order valence-electron chi connectivity index (χ3n) is 9.22. The summed E-state index contributed by atoms with van der Waals surface area (Å²) in [5, 5.41) is 21.2. The van der Waals surface area contributed by atoms with Crippen LogP contribution in [0.15, 0.2) is 42.6 Å². The van der Waals surface area contributed by atoms with Gasteiger partial charge in [-0.3, -0.25) is 14.7 Å². The molecule has 0 radical (unpaired) electrons. The Hall–Kier alpha value is -4.56. The van der Waals surface area contributed by atoms with Gasteiger partial charge in [0.2, 0.25) is 0 Å². The number of fused-ring (bicyclic) bond motifs is 1. The highest BCUT2D eigenvalue weighted by molar-refractivity contribution is 7.15. The lowest BCUT2D eigenvalue weighted by atomic mass is 9.93. The van der Waals surface area contributed by atoms with Crippen LogP contribution in [0, 0.1) is 31.1 Å². The highest BCUT2D eigenvalue weighted by atomic mass is 35.5. The first-order chi connectivity index (χ1) is 23.8. The number of hydrogen-bond donors (Lipinski definition) is 1. The Morgan fingerprint density at radius 3 is 2.64 bits per heavy atom. The minimum atomic E-state index is -0.743. The number of likely N-dealkylation sites (tertiary alicyclic amines) is 1. The van der Waals surface area contributed by atoms with Gasteiger partial charge in [0.05, 0.1) is 29.4 Å². The molecule has 258 valence electrons. The average molecular weight is 710 g/mol. The summed E-state index contributed by atoms with van der Waals surface area (Å²) in [5.74, 6) is -1.07. The van der Waals surface area contributed by atoms with E-state index in [2.05, 4.69) is 16.0 Å². The van der Waals surface area contributed by atoms with Crippen LogP contribution in [0.3, 0.4) is 0 Å². The van der Waals surface area contributed by atoms with Gasteiger partial charge in [-0.15, -0.1) is 11.3 Å². The van der Waals surface area contributed by atoms with Gasteiger partial charge >= 0.3 is 12.1 Å². The number of carbonyl (C=O) groups is 2. The minimum Gasteiger partial charge on any atom is -0.481 e. The molecule has 9 nitrogen and oxygen atoms in total. The smallest absolute Gasteiger partial charge is 0.410 e. The van der Waals surface area contributed by atoms with E-state index in [1.165, 1.54) is 0 Å². The lowest BCUT2D eigenvalue weighted by molar-refractivity contribution is -0.141. The van der Waals surface area contributed by atoms with Crippen molar-refractivity contribution in [1.29, 1.82) is 5.26 Å². The number of carboxylic acids is 1. The minimum absolute atomic E-state index is 0.313. The van der Waals surface area contributed by atoms with Crippen LogP contribution in [0.1, 0.15) is 71.3 Å². The van der Waals surface area contributed by atoms with Crippen LogP contribution in [0.5, 0.6) is 0 Å². The Morgan fingerprint density at radius 2 is 1.92 bits per heavy atom. The Labute approximate surface area is 301 Å². The zero-order chi connectivity index (χ0) is 35.7. The number of benzene rings is 2. The molecule has 1 saturated heterocycles. The molecule has 0 saturated carbocycles. The normalized spacial score (nSPS) is 16.4. The number of thiazole rings is 1. The number of ether oxygens (including phenoxy) is 1. The lowest BCUT2D eigenvalue weighted by Crippen LogP contribution is -2.39. The maximum absolute atomic E-state index is 12.7. The standard InChI is InChI=1S/C39H40ClN5O4S/c1-23-17-25(32(40)18-27(23)21-44-15-12-26(20-44)37(46)47)9-10-33-31(19-41)30(11-14-42-33)28-7-6-8-29(24(28)2)36-43-34-13-16-45(22-35(34)50-36)38(48)49-39(3,4)5/h6-11,14,17-18,26H,12-13,15-16,20-22H2,1-5H3,(H,46,47)/b10-9+/t26-/m1/s1. The van der Waals surface area contributed by atoms with E-state index in [0.29, 0.717) is 55.3 Å². The van der Waals surface area contributed by atoms with Gasteiger partial charge in [0.25, 0.3) is 0 Å². The first kappa shape index (κ1) is 35.3. The van der Waals surface area contributed by atoms with E-state index in [4.69, 9.17) is 21.3 Å². The lowest BCUT2D eigenvalue weighted by Gasteiger charge is -2.29. The molecule has 0 bridgehead atoms. The molecular formula is C39H40ClN5O4S. The number of aromatic nitrogens is 2. The van der Waals surface area contributed by atoms with E-state index in [0.717, 1.165) is 61.1 Å². The van der Waals surface area contributed by atoms with Crippen LogP contribution in [-0.4, -0.2) is 62.2 Å². The third kappa shape index (κ3) is 7.60. The topological polar surface area (TPSA) is 120 Å². The van der Waals surface area contributed by atoms with Crippen molar-refractivity contribution in [1.82, 2.24) is 19.8 Å². The molecule has 2 aromatic heterocycles. The van der Waals surface area contributed by atoms with E-state index >= 15 is 0 Å². The molecule has 1 fully saturated rings. The monoisotopic (exact) mass is 709 g/mol. The highest BCUT2D eigenvalue weighted by Gasteiger charge is 2.29. The number of carboxylic acid groups (broad SMARTS) is 1. The summed E-state index contributed by atoms with van der Waals surface area (Å²) < 4.78 is 5.60. The first-order valence-corrected chi connectivity index (χ1v) is 17.9. The zero-order valence-electron chi connectivity index (χ0n) is 28.9. The van der Waals surface area contributed by atoms with Crippen LogP contribution in [0.2, 0.25) is 5.02 Å². The van der Waals surface area contributed by atoms with Gasteiger partial charge in [-0.25, -0.2) is 9.78 Å². The van der Waals surface area contributed by atoms with Crippen molar-refractivity contribution in [2.75, 3.05) is 19.6 Å². The van der Waals surface area contributed by atoms with E-state index in [1.54, 1.807) is 22.4 Å². The molecular weight excluding hydrogens is 670 g/mol. The van der Waals surface area contributed by atoms with E-state index in [1.807, 2.05) is 83.2 Å². The number of pyridine rings is 1. The van der Waals surface area contributed by atoms with Crippen LogP contribution in [-0.2, 0) is 29.0 Å². The maximum Gasteiger partial charge on any atom is 0.410 e. The summed E-state index contributed by atoms with van der Waals surface area (Å²) >= 11 is 8.33. The predicted molar refractivity (Wildman–Crippen MR) is 197 cm³/mol. The van der Waals surface area contributed by atoms with Crippen LogP contribution in [0.4, 0.5) is 4.79 Å². The van der Waals surface area contributed by atoms with E-state index in [9.17, 15) is 20.0 Å². The second-order valence-corrected chi connectivity index (χ2v) is 15.4. The van der Waals surface area contributed by atoms with E-state index in [-0.39, 0.29) is 12.0 Å². The van der Waals surface area contributed by atoms with Crippen LogP contribution < -0.4 is 0 Å². The summed E-state index contributed by atoms with van der Waals surface area (Å²) in [6.45, 7) is 12.6. The second kappa shape index (κ2) is 14.4. The Morgan fingerprint density at radius 1 is 1.14 bits per heavy atom. The van der Waals surface area contributed by atoms with Crippen molar-refractivity contribution >= 4 is 47.2 Å². The van der Waals surface area contributed by atoms with Gasteiger partial charge in [-0.1, -0.05) is 41.9 Å². The Kier molecular flexibility index (Phi) is 10.1. The Balaban J connectivity index is 1.23. The number of aliphatic carboxylic acids is 1. The summed E-state index contributed by atoms with van der Waals surface area (Å²) in [6, 6.07) is 14.3. The number of nitrogens with zero attached hydrogens (tertiary/aromatic N) is 5. The Bertz CT molecular complexity index is 2040. The molecule has 2 aliphatic rings. The molecule has 0 aliphatic carbocycles. The molecule has 6 rings (SSSR count). The fourth-order valence-corrected chi connectivity index (χ4v) is 7.98. The molecule has 0 unspecified atom stereocenters. The fourth-order valence-electron chi connectivity index (χ4n) is 6.53. The second-order valence-electron chi connectivity index (χ2n) is 13.9. The molecule has 11 heteroatoms. The van der Waals surface area contributed by atoms with Crippen molar-refractivity contribution < 1.29 is 19.4 Å². The van der Waals surface area contributed by atoms with Crippen LogP contribution >= 0.6 is 22.9 Å². The molecule has 2 aromatic carbocycles. The van der Waals surface area contributed by atoms with Gasteiger partial charge in [-0.05, 0) is 93.6 Å². The number of rotatable bonds is 7. The maximum atomic E-state index is 12.7.